The third-order valence-corrected chi connectivity index (χ3v) is 2.76. The van der Waals surface area contributed by atoms with Gasteiger partial charge in [-0.05, 0) is 25.9 Å². The van der Waals surface area contributed by atoms with Crippen LogP contribution in [-0.4, -0.2) is 31.0 Å². The molecule has 0 aromatic rings. The SMILES string of the molecule is O=C1CNC2(CCNCC2)C1. The van der Waals surface area contributed by atoms with E-state index in [0.29, 0.717) is 12.3 Å². The molecule has 0 amide bonds. The first-order valence-corrected chi connectivity index (χ1v) is 4.28. The van der Waals surface area contributed by atoms with Crippen LogP contribution in [0.1, 0.15) is 19.3 Å². The van der Waals surface area contributed by atoms with E-state index in [9.17, 15) is 4.79 Å². The molecule has 62 valence electrons. The van der Waals surface area contributed by atoms with Gasteiger partial charge in [0.05, 0.1) is 6.54 Å². The second kappa shape index (κ2) is 2.57. The standard InChI is InChI=1S/C8H14N2O/c11-7-5-8(10-6-7)1-3-9-4-2-8/h9-10H,1-6H2. The number of rotatable bonds is 0. The van der Waals surface area contributed by atoms with Crippen molar-refractivity contribution in [3.05, 3.63) is 0 Å². The summed E-state index contributed by atoms with van der Waals surface area (Å²) < 4.78 is 0. The second-order valence-corrected chi connectivity index (χ2v) is 3.60. The number of ketones is 1. The van der Waals surface area contributed by atoms with Gasteiger partial charge >= 0.3 is 0 Å². The predicted molar refractivity (Wildman–Crippen MR) is 42.5 cm³/mol. The van der Waals surface area contributed by atoms with Gasteiger partial charge in [-0.3, -0.25) is 4.79 Å². The highest BCUT2D eigenvalue weighted by atomic mass is 16.1. The van der Waals surface area contributed by atoms with Gasteiger partial charge in [0.1, 0.15) is 5.78 Å². The van der Waals surface area contributed by atoms with Gasteiger partial charge in [0.2, 0.25) is 0 Å². The summed E-state index contributed by atoms with van der Waals surface area (Å²) >= 11 is 0. The smallest absolute Gasteiger partial charge is 0.148 e. The number of hydrogen-bond acceptors (Lipinski definition) is 3. The Morgan fingerprint density at radius 3 is 2.55 bits per heavy atom. The fraction of sp³-hybridized carbons (Fsp3) is 0.875. The Labute approximate surface area is 66.5 Å². The Balaban J connectivity index is 2.03. The summed E-state index contributed by atoms with van der Waals surface area (Å²) in [6.45, 7) is 2.71. The van der Waals surface area contributed by atoms with Crippen LogP contribution in [0.4, 0.5) is 0 Å². The van der Waals surface area contributed by atoms with Crippen LogP contribution in [0.2, 0.25) is 0 Å². The monoisotopic (exact) mass is 154 g/mol. The van der Waals surface area contributed by atoms with Crippen molar-refractivity contribution in [2.45, 2.75) is 24.8 Å². The average molecular weight is 154 g/mol. The molecule has 0 unspecified atom stereocenters. The first-order chi connectivity index (χ1) is 5.31. The zero-order valence-electron chi connectivity index (χ0n) is 6.65. The predicted octanol–water partition coefficient (Wildman–Crippen LogP) is -0.329. The molecule has 2 fully saturated rings. The largest absolute Gasteiger partial charge is 0.317 e. The van der Waals surface area contributed by atoms with Crippen molar-refractivity contribution >= 4 is 5.78 Å². The first-order valence-electron chi connectivity index (χ1n) is 4.28. The molecule has 0 atom stereocenters. The molecular weight excluding hydrogens is 140 g/mol. The molecule has 0 radical (unpaired) electrons. The summed E-state index contributed by atoms with van der Waals surface area (Å²) in [6.07, 6.45) is 2.98. The maximum Gasteiger partial charge on any atom is 0.148 e. The lowest BCUT2D eigenvalue weighted by Crippen LogP contribution is -2.48. The quantitative estimate of drug-likeness (QED) is 0.502. The van der Waals surface area contributed by atoms with Gasteiger partial charge in [-0.1, -0.05) is 0 Å². The van der Waals surface area contributed by atoms with Crippen molar-refractivity contribution in [1.82, 2.24) is 10.6 Å². The molecule has 2 aliphatic rings. The topological polar surface area (TPSA) is 41.1 Å². The molecule has 2 N–H and O–H groups in total. The van der Waals surface area contributed by atoms with Crippen LogP contribution in [0.5, 0.6) is 0 Å². The van der Waals surface area contributed by atoms with E-state index >= 15 is 0 Å². The van der Waals surface area contributed by atoms with E-state index in [4.69, 9.17) is 0 Å². The van der Waals surface area contributed by atoms with Crippen LogP contribution in [0.3, 0.4) is 0 Å². The number of carbonyl (C=O) groups is 1. The fourth-order valence-electron chi connectivity index (χ4n) is 2.05. The zero-order chi connectivity index (χ0) is 7.73. The van der Waals surface area contributed by atoms with Gasteiger partial charge in [-0.2, -0.15) is 0 Å². The highest BCUT2D eigenvalue weighted by molar-refractivity contribution is 5.84. The molecule has 0 aliphatic carbocycles. The van der Waals surface area contributed by atoms with Crippen LogP contribution in [0, 0.1) is 0 Å². The van der Waals surface area contributed by atoms with Crippen molar-refractivity contribution in [3.8, 4) is 0 Å². The number of Topliss-reactive ketones (excluding diaryl/α,β-unsaturated/α-hetero) is 1. The summed E-state index contributed by atoms with van der Waals surface area (Å²) in [5, 5.41) is 6.63. The Morgan fingerprint density at radius 2 is 2.00 bits per heavy atom. The molecule has 2 rings (SSSR count). The maximum atomic E-state index is 11.0. The van der Waals surface area contributed by atoms with Gasteiger partial charge in [-0.15, -0.1) is 0 Å². The van der Waals surface area contributed by atoms with E-state index in [0.717, 1.165) is 32.4 Å². The summed E-state index contributed by atoms with van der Waals surface area (Å²) in [7, 11) is 0. The van der Waals surface area contributed by atoms with E-state index < -0.39 is 0 Å². The fourth-order valence-corrected chi connectivity index (χ4v) is 2.05. The molecule has 3 heteroatoms. The summed E-state index contributed by atoms with van der Waals surface area (Å²) in [5.74, 6) is 0.381. The van der Waals surface area contributed by atoms with E-state index in [1.807, 2.05) is 0 Å². The third kappa shape index (κ3) is 1.30. The molecule has 2 heterocycles. The average Bonchev–Trinajstić information content (AvgIpc) is 2.34. The number of hydrogen-bond donors (Lipinski definition) is 2. The molecular formula is C8H14N2O. The molecule has 0 aromatic carbocycles. The Bertz CT molecular complexity index is 173. The minimum absolute atomic E-state index is 0.183. The Kier molecular flexibility index (Phi) is 1.69. The van der Waals surface area contributed by atoms with Crippen molar-refractivity contribution in [2.75, 3.05) is 19.6 Å². The maximum absolute atomic E-state index is 11.0. The van der Waals surface area contributed by atoms with Crippen molar-refractivity contribution < 1.29 is 4.79 Å². The zero-order valence-corrected chi connectivity index (χ0v) is 6.65. The van der Waals surface area contributed by atoms with E-state index in [2.05, 4.69) is 10.6 Å². The number of carbonyl (C=O) groups excluding carboxylic acids is 1. The molecule has 0 saturated carbocycles. The van der Waals surface area contributed by atoms with Gasteiger partial charge < -0.3 is 10.6 Å². The van der Waals surface area contributed by atoms with Gasteiger partial charge in [-0.25, -0.2) is 0 Å². The normalized spacial score (nSPS) is 29.6. The minimum atomic E-state index is 0.183. The lowest BCUT2D eigenvalue weighted by molar-refractivity contribution is -0.116. The van der Waals surface area contributed by atoms with Gasteiger partial charge in [0, 0.05) is 12.0 Å². The molecule has 0 bridgehead atoms. The number of nitrogens with one attached hydrogen (secondary N) is 2. The van der Waals surface area contributed by atoms with Crippen LogP contribution in [0.25, 0.3) is 0 Å². The molecule has 0 aromatic heterocycles. The molecule has 3 nitrogen and oxygen atoms in total. The first kappa shape index (κ1) is 7.25. The summed E-state index contributed by atoms with van der Waals surface area (Å²) in [6, 6.07) is 0. The minimum Gasteiger partial charge on any atom is -0.317 e. The van der Waals surface area contributed by atoms with E-state index in [1.54, 1.807) is 0 Å². The highest BCUT2D eigenvalue weighted by Gasteiger charge is 2.38. The summed E-state index contributed by atoms with van der Waals surface area (Å²) in [4.78, 5) is 11.0. The van der Waals surface area contributed by atoms with Crippen molar-refractivity contribution in [3.63, 3.8) is 0 Å². The van der Waals surface area contributed by atoms with Crippen LogP contribution in [-0.2, 0) is 4.79 Å². The molecule has 1 spiro atoms. The Morgan fingerprint density at radius 1 is 1.27 bits per heavy atom. The second-order valence-electron chi connectivity index (χ2n) is 3.60. The van der Waals surface area contributed by atoms with Crippen LogP contribution < -0.4 is 10.6 Å². The Hall–Kier alpha value is -0.410. The van der Waals surface area contributed by atoms with Crippen molar-refractivity contribution in [1.29, 1.82) is 0 Å². The van der Waals surface area contributed by atoms with Crippen molar-refractivity contribution in [2.24, 2.45) is 0 Å². The van der Waals surface area contributed by atoms with Gasteiger partial charge in [0.25, 0.3) is 0 Å². The van der Waals surface area contributed by atoms with Gasteiger partial charge in [0.15, 0.2) is 0 Å². The highest BCUT2D eigenvalue weighted by Crippen LogP contribution is 2.26. The molecule has 11 heavy (non-hydrogen) atoms. The third-order valence-electron chi connectivity index (χ3n) is 2.76. The lowest BCUT2D eigenvalue weighted by atomic mass is 9.87. The molecule has 2 saturated heterocycles. The molecule has 2 aliphatic heterocycles. The van der Waals surface area contributed by atoms with Crippen LogP contribution in [0.15, 0.2) is 0 Å². The van der Waals surface area contributed by atoms with Crippen LogP contribution >= 0.6 is 0 Å². The summed E-state index contributed by atoms with van der Waals surface area (Å²) in [5.41, 5.74) is 0.183. The van der Waals surface area contributed by atoms with E-state index in [1.165, 1.54) is 0 Å². The lowest BCUT2D eigenvalue weighted by Gasteiger charge is -2.33. The number of piperidine rings is 1. The van der Waals surface area contributed by atoms with E-state index in [-0.39, 0.29) is 5.54 Å².